The lowest BCUT2D eigenvalue weighted by Crippen LogP contribution is -2.46. The first-order chi connectivity index (χ1) is 15.6. The molecule has 3 aromatic rings. The quantitative estimate of drug-likeness (QED) is 0.626. The Balaban J connectivity index is 1.70. The number of rotatable bonds is 3. The number of anilines is 1. The van der Waals surface area contributed by atoms with Crippen molar-refractivity contribution >= 4 is 11.7 Å². The van der Waals surface area contributed by atoms with Crippen molar-refractivity contribution in [1.82, 2.24) is 20.2 Å². The molecule has 3 heterocycles. The van der Waals surface area contributed by atoms with Crippen LogP contribution in [0.5, 0.6) is 0 Å². The minimum Gasteiger partial charge on any atom is -0.384 e. The zero-order chi connectivity index (χ0) is 22.5. The summed E-state index contributed by atoms with van der Waals surface area (Å²) in [6.07, 6.45) is 3.99. The van der Waals surface area contributed by atoms with Crippen molar-refractivity contribution < 1.29 is 9.18 Å². The molecule has 0 spiro atoms. The van der Waals surface area contributed by atoms with E-state index in [0.29, 0.717) is 44.0 Å². The number of pyridine rings is 2. The number of nitrogens with two attached hydrogens (primary N) is 1. The fourth-order valence-electron chi connectivity index (χ4n) is 3.66. The van der Waals surface area contributed by atoms with Crippen LogP contribution in [0.3, 0.4) is 0 Å². The summed E-state index contributed by atoms with van der Waals surface area (Å²) in [5.41, 5.74) is 9.41. The minimum atomic E-state index is -0.539. The van der Waals surface area contributed by atoms with Crippen LogP contribution in [-0.2, 0) is 6.42 Å². The van der Waals surface area contributed by atoms with Crippen LogP contribution in [0.15, 0.2) is 48.8 Å². The molecule has 0 bridgehead atoms. The van der Waals surface area contributed by atoms with Crippen molar-refractivity contribution in [1.29, 1.82) is 0 Å². The summed E-state index contributed by atoms with van der Waals surface area (Å²) in [4.78, 5) is 22.9. The molecule has 32 heavy (non-hydrogen) atoms. The van der Waals surface area contributed by atoms with Crippen LogP contribution in [-0.4, -0.2) is 47.0 Å². The zero-order valence-electron chi connectivity index (χ0n) is 17.9. The molecule has 0 unspecified atom stereocenters. The second-order valence-electron chi connectivity index (χ2n) is 7.49. The Hall–Kier alpha value is -3.76. The number of aromatic nitrogens is 2. The van der Waals surface area contributed by atoms with E-state index in [1.54, 1.807) is 41.6 Å². The molecule has 0 atom stereocenters. The van der Waals surface area contributed by atoms with Gasteiger partial charge in [-0.25, -0.2) is 9.37 Å². The fourth-order valence-corrected chi connectivity index (χ4v) is 3.66. The normalized spacial score (nSPS) is 13.4. The van der Waals surface area contributed by atoms with Gasteiger partial charge in [-0.15, -0.1) is 0 Å². The first-order valence-corrected chi connectivity index (χ1v) is 10.6. The lowest BCUT2D eigenvalue weighted by atomic mass is 9.96. The average Bonchev–Trinajstić information content (AvgIpc) is 2.83. The van der Waals surface area contributed by atoms with Crippen molar-refractivity contribution in [3.8, 4) is 23.0 Å². The predicted octanol–water partition coefficient (Wildman–Crippen LogP) is 2.87. The number of hydrogen-bond donors (Lipinski definition) is 2. The second kappa shape index (κ2) is 9.58. The van der Waals surface area contributed by atoms with Gasteiger partial charge < -0.3 is 16.0 Å². The van der Waals surface area contributed by atoms with E-state index in [9.17, 15) is 4.79 Å². The first-order valence-electron chi connectivity index (χ1n) is 10.6. The number of nitrogens with zero attached hydrogens (tertiary/aromatic N) is 3. The highest BCUT2D eigenvalue weighted by atomic mass is 19.1. The van der Waals surface area contributed by atoms with Crippen LogP contribution in [0, 0.1) is 17.7 Å². The SMILES string of the molecule is CCc1nccc(-c2ccc(C(=O)N3CCNCC3)c(F)c2)c1C#Cc1ccc(N)nc1. The van der Waals surface area contributed by atoms with E-state index >= 15 is 4.39 Å². The first kappa shape index (κ1) is 21.5. The molecule has 4 rings (SSSR count). The molecule has 1 saturated heterocycles. The van der Waals surface area contributed by atoms with Gasteiger partial charge in [0, 0.05) is 49.7 Å². The van der Waals surface area contributed by atoms with E-state index in [0.717, 1.165) is 22.4 Å². The summed E-state index contributed by atoms with van der Waals surface area (Å²) in [6, 6.07) is 10.0. The molecule has 6 nitrogen and oxygen atoms in total. The topological polar surface area (TPSA) is 84.1 Å². The Kier molecular flexibility index (Phi) is 6.43. The number of nitrogen functional groups attached to an aromatic ring is 1. The third-order valence-electron chi connectivity index (χ3n) is 5.40. The van der Waals surface area contributed by atoms with Gasteiger partial charge in [0.1, 0.15) is 11.6 Å². The Morgan fingerprint density at radius 1 is 1.16 bits per heavy atom. The Morgan fingerprint density at radius 3 is 2.66 bits per heavy atom. The van der Waals surface area contributed by atoms with Crippen molar-refractivity contribution in [2.75, 3.05) is 31.9 Å². The zero-order valence-corrected chi connectivity index (χ0v) is 17.9. The molecule has 2 aromatic heterocycles. The summed E-state index contributed by atoms with van der Waals surface area (Å²) < 4.78 is 15.0. The predicted molar refractivity (Wildman–Crippen MR) is 122 cm³/mol. The van der Waals surface area contributed by atoms with Crippen LogP contribution in [0.25, 0.3) is 11.1 Å². The monoisotopic (exact) mass is 429 g/mol. The fraction of sp³-hybridized carbons (Fsp3) is 0.240. The maximum absolute atomic E-state index is 15.0. The highest BCUT2D eigenvalue weighted by molar-refractivity contribution is 5.95. The van der Waals surface area contributed by atoms with Crippen LogP contribution in [0.1, 0.15) is 34.1 Å². The highest BCUT2D eigenvalue weighted by Crippen LogP contribution is 2.27. The lowest BCUT2D eigenvalue weighted by molar-refractivity contribution is 0.0731. The maximum Gasteiger partial charge on any atom is 0.256 e. The number of benzene rings is 1. The van der Waals surface area contributed by atoms with Crippen molar-refractivity contribution in [2.24, 2.45) is 0 Å². The molecule has 3 N–H and O–H groups in total. The lowest BCUT2D eigenvalue weighted by Gasteiger charge is -2.27. The van der Waals surface area contributed by atoms with Gasteiger partial charge in [-0.3, -0.25) is 9.78 Å². The smallest absolute Gasteiger partial charge is 0.256 e. The number of amides is 1. The van der Waals surface area contributed by atoms with Gasteiger partial charge in [0.2, 0.25) is 0 Å². The van der Waals surface area contributed by atoms with E-state index in [1.807, 2.05) is 13.0 Å². The Morgan fingerprint density at radius 2 is 1.97 bits per heavy atom. The minimum absolute atomic E-state index is 0.0843. The number of carbonyl (C=O) groups is 1. The van der Waals surface area contributed by atoms with Gasteiger partial charge >= 0.3 is 0 Å². The van der Waals surface area contributed by atoms with Gasteiger partial charge in [-0.1, -0.05) is 24.8 Å². The molecule has 0 radical (unpaired) electrons. The third-order valence-corrected chi connectivity index (χ3v) is 5.40. The maximum atomic E-state index is 15.0. The molecule has 0 saturated carbocycles. The van der Waals surface area contributed by atoms with Gasteiger partial charge in [0.05, 0.1) is 16.8 Å². The standard InChI is InChI=1S/C25H24FN5O/c1-2-23-20(6-3-17-4-8-24(27)30-16-17)19(9-10-29-23)18-5-7-21(22(26)15-18)25(32)31-13-11-28-12-14-31/h4-5,7-10,15-16,28H,2,11-14H2,1H3,(H2,27,30). The summed E-state index contributed by atoms with van der Waals surface area (Å²) in [6.45, 7) is 4.58. The summed E-state index contributed by atoms with van der Waals surface area (Å²) >= 11 is 0. The van der Waals surface area contributed by atoms with E-state index < -0.39 is 5.82 Å². The largest absolute Gasteiger partial charge is 0.384 e. The summed E-state index contributed by atoms with van der Waals surface area (Å²) in [5.74, 6) is 5.88. The van der Waals surface area contributed by atoms with E-state index in [2.05, 4.69) is 27.1 Å². The van der Waals surface area contributed by atoms with Crippen LogP contribution >= 0.6 is 0 Å². The van der Waals surface area contributed by atoms with Crippen LogP contribution < -0.4 is 11.1 Å². The third kappa shape index (κ3) is 4.61. The summed E-state index contributed by atoms with van der Waals surface area (Å²) in [7, 11) is 0. The number of nitrogens with one attached hydrogen (secondary N) is 1. The van der Waals surface area contributed by atoms with E-state index in [4.69, 9.17) is 5.73 Å². The molecule has 0 aliphatic carbocycles. The van der Waals surface area contributed by atoms with Crippen molar-refractivity contribution in [3.05, 3.63) is 77.0 Å². The molecular formula is C25H24FN5O. The number of piperazine rings is 1. The second-order valence-corrected chi connectivity index (χ2v) is 7.49. The van der Waals surface area contributed by atoms with Gasteiger partial charge in [-0.05, 0) is 42.3 Å². The average molecular weight is 429 g/mol. The molecule has 1 aliphatic rings. The number of hydrogen-bond acceptors (Lipinski definition) is 5. The van der Waals surface area contributed by atoms with Crippen LogP contribution in [0.2, 0.25) is 0 Å². The Bertz CT molecular complexity index is 1190. The number of halogens is 1. The van der Waals surface area contributed by atoms with Gasteiger partial charge in [0.15, 0.2) is 0 Å². The summed E-state index contributed by atoms with van der Waals surface area (Å²) in [5, 5.41) is 3.19. The van der Waals surface area contributed by atoms with E-state index in [1.165, 1.54) is 6.07 Å². The highest BCUT2D eigenvalue weighted by Gasteiger charge is 2.21. The molecule has 1 fully saturated rings. The molecule has 162 valence electrons. The van der Waals surface area contributed by atoms with Gasteiger partial charge in [0.25, 0.3) is 5.91 Å². The molecule has 1 aliphatic heterocycles. The van der Waals surface area contributed by atoms with E-state index in [-0.39, 0.29) is 11.5 Å². The number of aryl methyl sites for hydroxylation is 1. The molecule has 1 aromatic carbocycles. The van der Waals surface area contributed by atoms with Crippen molar-refractivity contribution in [3.63, 3.8) is 0 Å². The molecular weight excluding hydrogens is 405 g/mol. The molecule has 1 amide bonds. The Labute approximate surface area is 186 Å². The van der Waals surface area contributed by atoms with Gasteiger partial charge in [-0.2, -0.15) is 0 Å². The number of carbonyl (C=O) groups excluding carboxylic acids is 1. The van der Waals surface area contributed by atoms with Crippen LogP contribution in [0.4, 0.5) is 10.2 Å². The molecule has 7 heteroatoms. The van der Waals surface area contributed by atoms with Crippen molar-refractivity contribution in [2.45, 2.75) is 13.3 Å².